The van der Waals surface area contributed by atoms with E-state index < -0.39 is 31.2 Å². The van der Waals surface area contributed by atoms with Crippen molar-refractivity contribution < 1.29 is 46.4 Å². The summed E-state index contributed by atoms with van der Waals surface area (Å²) in [5.74, 6) is 1.47. The molecule has 1 aliphatic rings. The molecule has 0 aromatic heterocycles. The van der Waals surface area contributed by atoms with Crippen molar-refractivity contribution in [1.82, 2.24) is 0 Å². The molecule has 0 N–H and O–H groups in total. The van der Waals surface area contributed by atoms with Crippen LogP contribution in [0.25, 0.3) is 0 Å². The smallest absolute Gasteiger partial charge is 0.195 e. The van der Waals surface area contributed by atoms with Crippen LogP contribution < -0.4 is 4.74 Å². The molecule has 2 rings (SSSR count). The van der Waals surface area contributed by atoms with Crippen molar-refractivity contribution in [2.75, 3.05) is 34.9 Å². The van der Waals surface area contributed by atoms with Crippen LogP contribution in [0.5, 0.6) is 5.75 Å². The van der Waals surface area contributed by atoms with Crippen molar-refractivity contribution in [3.8, 4) is 5.75 Å². The third-order valence-electron chi connectivity index (χ3n) is 17.4. The fraction of sp³-hybridized carbons (Fsp3) is 0.774. The summed E-state index contributed by atoms with van der Waals surface area (Å²) in [6.07, 6.45) is 13.2. The lowest BCUT2D eigenvalue weighted by Gasteiger charge is -2.51. The molecule has 10 nitrogen and oxygen atoms in total. The number of methoxy groups -OCH3 is 3. The molecule has 14 atom stereocenters. The van der Waals surface area contributed by atoms with Crippen LogP contribution in [-0.4, -0.2) is 103 Å². The maximum Gasteiger partial charge on any atom is 0.195 e. The molecule has 1 fully saturated rings. The lowest BCUT2D eigenvalue weighted by molar-refractivity contribution is -0.237. The molecule has 0 unspecified atom stereocenters. The van der Waals surface area contributed by atoms with Gasteiger partial charge in [-0.1, -0.05) is 172 Å². The van der Waals surface area contributed by atoms with Gasteiger partial charge in [0.2, 0.25) is 0 Å². The second-order valence-corrected chi connectivity index (χ2v) is 41.2. The summed E-state index contributed by atoms with van der Waals surface area (Å²) in [6.45, 7) is 57.8. The molecule has 0 bridgehead atoms. The van der Waals surface area contributed by atoms with Gasteiger partial charge >= 0.3 is 0 Å². The second-order valence-electron chi connectivity index (χ2n) is 27.0. The summed E-state index contributed by atoms with van der Waals surface area (Å²) in [6, 6.07) is 8.14. The van der Waals surface area contributed by atoms with Gasteiger partial charge in [0.05, 0.1) is 50.3 Å². The first-order valence-corrected chi connectivity index (χ1v) is 37.0. The van der Waals surface area contributed by atoms with Crippen molar-refractivity contribution in [1.29, 1.82) is 0 Å². The number of benzene rings is 1. The number of hydrogen-bond acceptors (Lipinski definition) is 10. The van der Waals surface area contributed by atoms with Gasteiger partial charge < -0.3 is 46.4 Å². The summed E-state index contributed by atoms with van der Waals surface area (Å²) >= 11 is 0. The minimum absolute atomic E-state index is 0.0164. The zero-order valence-corrected chi connectivity index (χ0v) is 55.7. The Morgan fingerprint density at radius 1 is 0.653 bits per heavy atom. The topological polar surface area (TPSA) is 92.3 Å². The van der Waals surface area contributed by atoms with Crippen molar-refractivity contribution in [3.63, 3.8) is 0 Å². The molecule has 13 heteroatoms. The fourth-order valence-corrected chi connectivity index (χ4v) is 13.7. The number of allylic oxidation sites excluding steroid dienone is 3. The molecule has 1 heterocycles. The second kappa shape index (κ2) is 30.2. The average molecular weight is 1100 g/mol. The van der Waals surface area contributed by atoms with Crippen molar-refractivity contribution in [2.24, 2.45) is 41.4 Å². The highest BCUT2D eigenvalue weighted by atomic mass is 28.4. The number of rotatable bonds is 31. The van der Waals surface area contributed by atoms with E-state index in [1.54, 1.807) is 21.3 Å². The SMILES string of the molecule is C=CC=C[C@H](C)[C@H](OCc1ccc(OC)cc1)[C@@H](C)[C@H](O[Si](C)(C)C(C)(C)C)[C@@H](C)CC(C)=C[C@H](C)[C@@H](OCOC)[C@@H](C)C=C[C@H](C[C@@H]1O[C@@H](O[Si](C)(C)C(C)(C)C)[C@H](C)[C@@H](O[Si](C)(C)C(C)(C)C)[C@H]1C)OCOC. The van der Waals surface area contributed by atoms with E-state index in [2.05, 4.69) is 200 Å². The quantitative estimate of drug-likeness (QED) is 0.0310. The Bertz CT molecular complexity index is 1890. The Morgan fingerprint density at radius 3 is 1.71 bits per heavy atom. The average Bonchev–Trinajstić information content (AvgIpc) is 3.30. The maximum absolute atomic E-state index is 7.50. The van der Waals surface area contributed by atoms with Gasteiger partial charge in [-0.2, -0.15) is 0 Å². The van der Waals surface area contributed by atoms with E-state index in [9.17, 15) is 0 Å². The van der Waals surface area contributed by atoms with Crippen LogP contribution in [0.1, 0.15) is 136 Å². The van der Waals surface area contributed by atoms with E-state index in [0.29, 0.717) is 13.0 Å². The maximum atomic E-state index is 7.50. The standard InChI is InChI=1S/C62H114O10Si3/c1-28-29-30-44(3)56(66-40-51-32-35-52(65-21)36-33-51)49(8)57(70-73(22,23)60(10,11)12)47(6)38-43(2)37-46(5)55(68-42-64-20)45(4)31-34-53(67-41-63-19)39-54-48(7)58(71-74(24,25)61(13,14)15)50(9)59(69-54)72-75(26,27)62(16,17)18/h28-37,44-50,53-59H,1,38-42H2,2-27H3/t44-,45-,46-,47-,48-,49+,50+,53+,54-,55-,56-,57+,58-,59-/m0/s1. The minimum Gasteiger partial charge on any atom is -0.497 e. The Kier molecular flexibility index (Phi) is 27.9. The molecule has 1 aromatic carbocycles. The zero-order chi connectivity index (χ0) is 57.5. The summed E-state index contributed by atoms with van der Waals surface area (Å²) in [5.41, 5.74) is 2.40. The van der Waals surface area contributed by atoms with Crippen LogP contribution in [0.3, 0.4) is 0 Å². The minimum atomic E-state index is -2.22. The van der Waals surface area contributed by atoms with Crippen molar-refractivity contribution in [2.45, 2.75) is 234 Å². The molecular formula is C62H114O10Si3. The summed E-state index contributed by atoms with van der Waals surface area (Å²) in [4.78, 5) is 0. The van der Waals surface area contributed by atoms with Gasteiger partial charge in [0.25, 0.3) is 0 Å². The molecule has 0 saturated carbocycles. The molecule has 0 amide bonds. The first-order valence-electron chi connectivity index (χ1n) is 28.3. The van der Waals surface area contributed by atoms with E-state index in [0.717, 1.165) is 17.7 Å². The van der Waals surface area contributed by atoms with E-state index in [-0.39, 0.29) is 107 Å². The first-order chi connectivity index (χ1) is 34.5. The van der Waals surface area contributed by atoms with Crippen molar-refractivity contribution >= 4 is 25.0 Å². The Morgan fingerprint density at radius 2 is 1.19 bits per heavy atom. The van der Waals surface area contributed by atoms with E-state index in [4.69, 9.17) is 46.4 Å². The van der Waals surface area contributed by atoms with Gasteiger partial charge in [-0.25, -0.2) is 0 Å². The molecule has 0 aliphatic carbocycles. The molecule has 0 radical (unpaired) electrons. The molecule has 434 valence electrons. The van der Waals surface area contributed by atoms with Crippen molar-refractivity contribution in [3.05, 3.63) is 78.4 Å². The van der Waals surface area contributed by atoms with Gasteiger partial charge in [-0.3, -0.25) is 0 Å². The van der Waals surface area contributed by atoms with Crippen LogP contribution in [-0.2, 0) is 48.3 Å². The lowest BCUT2D eigenvalue weighted by Crippen LogP contribution is -2.58. The predicted octanol–water partition coefficient (Wildman–Crippen LogP) is 16.6. The molecule has 1 aliphatic heterocycles. The zero-order valence-electron chi connectivity index (χ0n) is 52.7. The lowest BCUT2D eigenvalue weighted by atomic mass is 9.81. The fourth-order valence-electron chi connectivity index (χ4n) is 9.53. The Labute approximate surface area is 464 Å². The van der Waals surface area contributed by atoms with Crippen LogP contribution in [0.2, 0.25) is 54.4 Å². The summed E-state index contributed by atoms with van der Waals surface area (Å²) in [7, 11) is -1.51. The highest BCUT2D eigenvalue weighted by molar-refractivity contribution is 6.75. The Hall–Kier alpha value is -1.73. The monoisotopic (exact) mass is 1100 g/mol. The molecule has 1 saturated heterocycles. The largest absolute Gasteiger partial charge is 0.497 e. The van der Waals surface area contributed by atoms with Gasteiger partial charge in [0.1, 0.15) is 19.3 Å². The molecule has 0 spiro atoms. The summed E-state index contributed by atoms with van der Waals surface area (Å²) in [5, 5.41) is 0.117. The Balaban J connectivity index is 2.53. The van der Waals surface area contributed by atoms with Crippen LogP contribution in [0.4, 0.5) is 0 Å². The van der Waals surface area contributed by atoms with Gasteiger partial charge in [0, 0.05) is 56.1 Å². The third kappa shape index (κ3) is 21.0. The number of ether oxygens (including phenoxy) is 7. The molecule has 75 heavy (non-hydrogen) atoms. The van der Waals surface area contributed by atoms with E-state index >= 15 is 0 Å². The first kappa shape index (κ1) is 69.4. The van der Waals surface area contributed by atoms with Crippen LogP contribution in [0, 0.1) is 41.4 Å². The number of hydrogen-bond donors (Lipinski definition) is 0. The third-order valence-corrected chi connectivity index (χ3v) is 30.8. The van der Waals surface area contributed by atoms with Gasteiger partial charge in [-0.15, -0.1) is 0 Å². The van der Waals surface area contributed by atoms with Gasteiger partial charge in [0.15, 0.2) is 31.2 Å². The highest BCUT2D eigenvalue weighted by Crippen LogP contribution is 2.46. The van der Waals surface area contributed by atoms with Crippen LogP contribution in [0.15, 0.2) is 72.9 Å². The molecular weight excluding hydrogens is 989 g/mol. The summed E-state index contributed by atoms with van der Waals surface area (Å²) < 4.78 is 65.5. The molecule has 1 aromatic rings. The van der Waals surface area contributed by atoms with E-state index in [1.165, 1.54) is 5.57 Å². The van der Waals surface area contributed by atoms with Crippen LogP contribution >= 0.6 is 0 Å². The highest BCUT2D eigenvalue weighted by Gasteiger charge is 2.51. The van der Waals surface area contributed by atoms with E-state index in [1.807, 2.05) is 24.3 Å². The normalized spacial score (nSPS) is 23.7. The predicted molar refractivity (Wildman–Crippen MR) is 322 cm³/mol. The van der Waals surface area contributed by atoms with Gasteiger partial charge in [-0.05, 0) is 91.4 Å².